The predicted molar refractivity (Wildman–Crippen MR) is 355 cm³/mol. The molecule has 4 heterocycles. The van der Waals surface area contributed by atoms with Gasteiger partial charge >= 0.3 is 5.97 Å². The number of fused-ring (bicyclic) bond motifs is 1. The fraction of sp³-hybridized carbons (Fsp3) is 0.786. The zero-order chi connectivity index (χ0) is 68.5. The molecule has 4 aliphatic heterocycles. The summed E-state index contributed by atoms with van der Waals surface area (Å²) in [4.78, 5) is 48.0. The molecule has 1 saturated carbocycles. The molecule has 7 rings (SSSR count). The molecule has 22 heteroatoms. The number of nitrogens with one attached hydrogen (secondary N) is 2. The molecule has 2 amide bonds. The van der Waals surface area contributed by atoms with Gasteiger partial charge < -0.3 is 84.6 Å². The van der Waals surface area contributed by atoms with Crippen LogP contribution in [0.4, 0.5) is 0 Å². The molecule has 0 radical (unpaired) electrons. The van der Waals surface area contributed by atoms with E-state index in [4.69, 9.17) is 28.4 Å². The number of likely N-dealkylation sites (N-methyl/N-ethyl adjacent to an activating group) is 2. The normalized spacial score (nSPS) is 38.1. The number of benzene rings is 2. The Hall–Kier alpha value is -3.56. The van der Waals surface area contributed by atoms with Crippen molar-refractivity contribution < 1.29 is 78.6 Å². The highest BCUT2D eigenvalue weighted by atomic mass is 32.2. The summed E-state index contributed by atoms with van der Waals surface area (Å²) in [5.41, 5.74) is -3.83. The van der Waals surface area contributed by atoms with Crippen LogP contribution < -0.4 is 10.6 Å². The van der Waals surface area contributed by atoms with E-state index in [-0.39, 0.29) is 66.5 Å². The molecular weight excluding hydrogens is 1200 g/mol. The Bertz CT molecular complexity index is 2650. The summed E-state index contributed by atoms with van der Waals surface area (Å²) in [6.07, 6.45) is -3.52. The maximum atomic E-state index is 14.2. The van der Waals surface area contributed by atoms with Crippen LogP contribution in [0.3, 0.4) is 0 Å². The van der Waals surface area contributed by atoms with Gasteiger partial charge in [-0.25, -0.2) is 0 Å². The number of ether oxygens (including phenoxy) is 6. The Morgan fingerprint density at radius 3 is 2.15 bits per heavy atom. The minimum Gasteiger partial charge on any atom is -0.508 e. The standard InChI is InChI=1S/C38H72N2O12.C32H45N3O4S/c1-15-27-38(10,46)31(42)24(6)40(13)19-20(2)17-36(8,45)33(52-35-29(41)26(39(11)12)16-21(3)48-35)22(4)30(23(5)34(44)50-27)51-28-18-37(9,47-14)32(43)25(7)49-28;1-21-25(15-10-16-28(21)36)30(38)33-26(20-40-24-13-6-5-7-14-24)29(37)19-35-18-23-12-9-8-11-22(23)17-27(35)31(39)34-32(2,3)4/h20-33,35,41-43,45-46H,15-19H2,1-14H3;5-7,10,13-16,22-23,26-27,29,36-37H,8-9,11-12,17-20H2,1-4H3,(H,33,38)(H,34,39)/t20-,21-,22+,23-,24-,25+,26+,27-,28+,29-,30+,31-,32+,33-,35+,36-,37-,38-;22-,23+,26-,27-,29+/m10/s1. The van der Waals surface area contributed by atoms with Crippen molar-refractivity contribution in [2.45, 2.75) is 274 Å². The lowest BCUT2D eigenvalue weighted by Crippen LogP contribution is -2.60. The summed E-state index contributed by atoms with van der Waals surface area (Å²) in [5, 5.41) is 86.1. The van der Waals surface area contributed by atoms with Gasteiger partial charge in [-0.1, -0.05) is 64.3 Å². The molecule has 5 fully saturated rings. The maximum Gasteiger partial charge on any atom is 0.311 e. The average molecular weight is 1320 g/mol. The van der Waals surface area contributed by atoms with Crippen molar-refractivity contribution in [2.24, 2.45) is 29.6 Å². The number of amides is 2. The Morgan fingerprint density at radius 1 is 0.880 bits per heavy atom. The predicted octanol–water partition coefficient (Wildman–Crippen LogP) is 6.65. The summed E-state index contributed by atoms with van der Waals surface area (Å²) in [7, 11) is 7.12. The number of piperidine rings is 1. The molecule has 9 N–H and O–H groups in total. The van der Waals surface area contributed by atoms with Gasteiger partial charge in [-0.3, -0.25) is 19.3 Å². The minimum atomic E-state index is -1.80. The van der Waals surface area contributed by atoms with E-state index in [0.717, 1.165) is 30.7 Å². The van der Waals surface area contributed by atoms with E-state index in [2.05, 4.69) is 15.5 Å². The Morgan fingerprint density at radius 2 is 1.53 bits per heavy atom. The van der Waals surface area contributed by atoms with Gasteiger partial charge in [0, 0.05) is 78.5 Å². The number of phenolic OH excluding ortho intramolecular Hbond substituents is 1. The number of esters is 1. The van der Waals surface area contributed by atoms with E-state index < -0.39 is 108 Å². The highest BCUT2D eigenvalue weighted by molar-refractivity contribution is 7.99. The van der Waals surface area contributed by atoms with Crippen molar-refractivity contribution in [1.82, 2.24) is 25.3 Å². The van der Waals surface area contributed by atoms with Gasteiger partial charge in [0.25, 0.3) is 5.91 Å². The van der Waals surface area contributed by atoms with Gasteiger partial charge in [0.1, 0.15) is 35.8 Å². The van der Waals surface area contributed by atoms with Gasteiger partial charge in [0.05, 0.1) is 59.7 Å². The number of hydrogen-bond acceptors (Lipinski definition) is 20. The maximum absolute atomic E-state index is 14.2. The SMILES string of the molecule is CC[C@H]1OC(=O)[C@H](C)[C@@H](O[C@H]2C[C@@](C)(OC)[C@@H](O)[C@H](C)O2)[C@H](C)[C@@H](O[C@@H]2O[C@H](C)C[C@H](N(C)C)[C@H]2O)[C@](C)(O)C[C@@H](C)CN(C)[C@H](C)[C@@H](O)[C@]1(C)O.Cc1c(O)cccc1C(=O)N[C@@H](CSc1ccccc1)[C@H](O)CN1C[C@H]2CCCC[C@H]2C[C@H]1C(=O)NC(C)(C)C. The molecule has 0 bridgehead atoms. The number of carbonyl (C=O) groups excluding carboxylic acids is 3. The number of β-amino-alcohol motifs (C(OH)–C–C–N with tert-alkyl or cyclic N) is 1. The lowest BCUT2D eigenvalue weighted by molar-refractivity contribution is -0.318. The van der Waals surface area contributed by atoms with E-state index >= 15 is 0 Å². The molecule has 23 atom stereocenters. The van der Waals surface area contributed by atoms with Gasteiger partial charge in [0.2, 0.25) is 5.91 Å². The summed E-state index contributed by atoms with van der Waals surface area (Å²) in [6, 6.07) is 13.1. The van der Waals surface area contributed by atoms with Gasteiger partial charge in [0.15, 0.2) is 12.6 Å². The largest absolute Gasteiger partial charge is 0.508 e. The fourth-order valence-corrected chi connectivity index (χ4v) is 15.8. The highest BCUT2D eigenvalue weighted by Crippen LogP contribution is 2.42. The van der Waals surface area contributed by atoms with Crippen LogP contribution in [0.1, 0.15) is 164 Å². The lowest BCUT2D eigenvalue weighted by Gasteiger charge is -2.48. The second-order valence-corrected chi connectivity index (χ2v) is 30.7. The van der Waals surface area contributed by atoms with Gasteiger partial charge in [-0.15, -0.1) is 11.8 Å². The molecule has 21 nitrogen and oxygen atoms in total. The highest BCUT2D eigenvalue weighted by Gasteiger charge is 2.53. The molecule has 524 valence electrons. The van der Waals surface area contributed by atoms with Crippen LogP contribution in [0.25, 0.3) is 0 Å². The Kier molecular flexibility index (Phi) is 27.9. The zero-order valence-electron chi connectivity index (χ0n) is 58.4. The number of aliphatic hydroxyl groups is 6. The molecule has 2 aromatic carbocycles. The number of cyclic esters (lactones) is 1. The third-order valence-corrected chi connectivity index (χ3v) is 21.6. The molecule has 0 aromatic heterocycles. The van der Waals surface area contributed by atoms with E-state index in [1.54, 1.807) is 78.4 Å². The van der Waals surface area contributed by atoms with Crippen LogP contribution in [0.5, 0.6) is 5.75 Å². The number of carbonyl (C=O) groups is 3. The lowest BCUT2D eigenvalue weighted by atomic mass is 9.72. The van der Waals surface area contributed by atoms with Crippen molar-refractivity contribution in [3.05, 3.63) is 59.7 Å². The number of aliphatic hydroxyl groups excluding tert-OH is 4. The van der Waals surface area contributed by atoms with Crippen molar-refractivity contribution in [3.63, 3.8) is 0 Å². The molecular formula is C70H117N5O16S. The second-order valence-electron chi connectivity index (χ2n) is 29.6. The van der Waals surface area contributed by atoms with Crippen molar-refractivity contribution >= 4 is 29.5 Å². The van der Waals surface area contributed by atoms with E-state index in [9.17, 15) is 50.1 Å². The van der Waals surface area contributed by atoms with Crippen LogP contribution in [0, 0.1) is 36.5 Å². The van der Waals surface area contributed by atoms with E-state index in [1.165, 1.54) is 26.9 Å². The molecule has 4 saturated heterocycles. The first-order valence-corrected chi connectivity index (χ1v) is 34.7. The second kappa shape index (κ2) is 33.1. The minimum absolute atomic E-state index is 0.0124. The van der Waals surface area contributed by atoms with Crippen LogP contribution >= 0.6 is 11.8 Å². The first-order valence-electron chi connectivity index (χ1n) is 33.7. The summed E-state index contributed by atoms with van der Waals surface area (Å²) in [5.74, 6) is -1.31. The van der Waals surface area contributed by atoms with Gasteiger partial charge in [-0.2, -0.15) is 0 Å². The average Bonchev–Trinajstić information content (AvgIpc) is 2.14. The number of phenols is 1. The third-order valence-electron chi connectivity index (χ3n) is 20.4. The molecule has 1 aliphatic carbocycles. The number of rotatable bonds is 16. The van der Waals surface area contributed by atoms with Crippen molar-refractivity contribution in [3.8, 4) is 5.75 Å². The molecule has 2 aromatic rings. The summed E-state index contributed by atoms with van der Waals surface area (Å²) < 4.78 is 37.5. The number of aromatic hydroxyl groups is 1. The number of methoxy groups -OCH3 is 1. The number of nitrogens with zero attached hydrogens (tertiary/aromatic N) is 3. The van der Waals surface area contributed by atoms with Crippen LogP contribution in [-0.2, 0) is 38.0 Å². The van der Waals surface area contributed by atoms with E-state index in [0.29, 0.717) is 48.2 Å². The monoisotopic (exact) mass is 1320 g/mol. The summed E-state index contributed by atoms with van der Waals surface area (Å²) >= 11 is 1.57. The number of thioether (sulfide) groups is 1. The smallest absolute Gasteiger partial charge is 0.311 e. The molecule has 5 aliphatic rings. The van der Waals surface area contributed by atoms with E-state index in [1.807, 2.05) is 103 Å². The zero-order valence-corrected chi connectivity index (χ0v) is 59.2. The van der Waals surface area contributed by atoms with Crippen LogP contribution in [0.2, 0.25) is 0 Å². The molecule has 0 spiro atoms. The first-order chi connectivity index (χ1) is 42.9. The van der Waals surface area contributed by atoms with Gasteiger partial charge in [-0.05, 0) is 171 Å². The quantitative estimate of drug-likeness (QED) is 0.0628. The molecule has 0 unspecified atom stereocenters. The van der Waals surface area contributed by atoms with Crippen LogP contribution in [0.15, 0.2) is 53.4 Å². The summed E-state index contributed by atoms with van der Waals surface area (Å²) in [6.45, 7) is 26.8. The Labute approximate surface area is 553 Å². The topological polar surface area (TPSA) is 282 Å². The molecule has 92 heavy (non-hydrogen) atoms. The van der Waals surface area contributed by atoms with Crippen LogP contribution in [-0.4, -0.2) is 236 Å². The number of likely N-dealkylation sites (tertiary alicyclic amines) is 1. The first kappa shape index (κ1) is 77.4. The van der Waals surface area contributed by atoms with Crippen molar-refractivity contribution in [2.75, 3.05) is 53.6 Å². The third kappa shape index (κ3) is 19.8. The number of hydrogen-bond donors (Lipinski definition) is 9. The Balaban J connectivity index is 0.000000302. The fourth-order valence-electron chi connectivity index (χ4n) is 14.8. The van der Waals surface area contributed by atoms with Crippen molar-refractivity contribution in [1.29, 1.82) is 0 Å².